The fourth-order valence-corrected chi connectivity index (χ4v) is 5.84. The van der Waals surface area contributed by atoms with Crippen molar-refractivity contribution in [2.75, 3.05) is 6.61 Å². The lowest BCUT2D eigenvalue weighted by molar-refractivity contribution is 0.0223. The van der Waals surface area contributed by atoms with Crippen LogP contribution in [0.3, 0.4) is 0 Å². The molecule has 0 aromatic heterocycles. The van der Waals surface area contributed by atoms with Crippen LogP contribution < -0.4 is 14.9 Å². The van der Waals surface area contributed by atoms with E-state index in [9.17, 15) is 9.90 Å². The van der Waals surface area contributed by atoms with E-state index in [1.807, 2.05) is 13.0 Å². The number of halogens is 3. The van der Waals surface area contributed by atoms with Gasteiger partial charge in [-0.15, -0.1) is 0 Å². The average molecular weight is 607 g/mol. The Hall–Kier alpha value is -1.97. The van der Waals surface area contributed by atoms with Crippen LogP contribution in [0.15, 0.2) is 49.8 Å². The van der Waals surface area contributed by atoms with Crippen molar-refractivity contribution in [1.82, 2.24) is 0 Å². The van der Waals surface area contributed by atoms with E-state index in [-0.39, 0.29) is 5.75 Å². The molecule has 5 rings (SSSR count). The Morgan fingerprint density at radius 1 is 1.03 bits per heavy atom. The molecule has 0 fully saturated rings. The first-order chi connectivity index (χ1) is 14.8. The molecule has 2 heterocycles. The summed E-state index contributed by atoms with van der Waals surface area (Å²) in [6.07, 6.45) is 0. The normalized spacial score (nSPS) is 18.1. The van der Waals surface area contributed by atoms with E-state index in [0.29, 0.717) is 65.0 Å². The molecule has 31 heavy (non-hydrogen) atoms. The number of ether oxygens (including phenoxy) is 3. The van der Waals surface area contributed by atoms with Crippen molar-refractivity contribution >= 4 is 67.1 Å². The molecule has 1 N–H and O–H groups in total. The number of rotatable bonds is 2. The highest BCUT2D eigenvalue weighted by Crippen LogP contribution is 2.60. The minimum Gasteiger partial charge on any atom is -0.505 e. The molecule has 154 valence electrons. The van der Waals surface area contributed by atoms with Gasteiger partial charge >= 0.3 is 5.97 Å². The summed E-state index contributed by atoms with van der Waals surface area (Å²) < 4.78 is 19.2. The van der Waals surface area contributed by atoms with Gasteiger partial charge in [0.1, 0.15) is 29.6 Å². The van der Waals surface area contributed by atoms with E-state index in [1.165, 1.54) is 0 Å². The molecule has 1 unspecified atom stereocenters. The molecule has 9 heteroatoms. The zero-order valence-electron chi connectivity index (χ0n) is 16.0. The smallest absolute Gasteiger partial charge is 0.340 e. The van der Waals surface area contributed by atoms with Crippen LogP contribution in [0.4, 0.5) is 0 Å². The second-order valence-corrected chi connectivity index (χ2v) is 9.59. The predicted octanol–water partition coefficient (Wildman–Crippen LogP) is 5.44. The van der Waals surface area contributed by atoms with Crippen LogP contribution in [0.25, 0.3) is 0 Å². The van der Waals surface area contributed by atoms with Gasteiger partial charge in [-0.2, -0.15) is 0 Å². The molecule has 0 bridgehead atoms. The number of hydrogen-bond acceptors (Lipinski definition) is 5. The van der Waals surface area contributed by atoms with Gasteiger partial charge in [0.2, 0.25) is 0 Å². The third-order valence-electron chi connectivity index (χ3n) is 5.32. The third-order valence-corrected chi connectivity index (χ3v) is 7.25. The molecule has 3 aromatic rings. The zero-order valence-corrected chi connectivity index (χ0v) is 20.7. The number of phenols is 1. The fraction of sp³-hybridized carbons (Fsp3) is 0.136. The maximum Gasteiger partial charge on any atom is 0.340 e. The Balaban J connectivity index is 1.91. The first-order valence-electron chi connectivity index (χ1n) is 9.27. The Kier molecular flexibility index (Phi) is 4.91. The Bertz CT molecular complexity index is 1290. The van der Waals surface area contributed by atoms with Crippen LogP contribution in [0, 0.1) is 0 Å². The van der Waals surface area contributed by atoms with Gasteiger partial charge in [-0.3, -0.25) is 0 Å². The van der Waals surface area contributed by atoms with Gasteiger partial charge in [0.15, 0.2) is 11.4 Å². The maximum atomic E-state index is 13.1. The van der Waals surface area contributed by atoms with Gasteiger partial charge in [-0.05, 0) is 79.0 Å². The predicted molar refractivity (Wildman–Crippen MR) is 126 cm³/mol. The average Bonchev–Trinajstić information content (AvgIpc) is 3.01. The van der Waals surface area contributed by atoms with Gasteiger partial charge < -0.3 is 19.3 Å². The molecule has 0 aliphatic carbocycles. The molecular formula is C22H12BBr3O5. The van der Waals surface area contributed by atoms with Crippen LogP contribution in [-0.4, -0.2) is 25.5 Å². The number of aromatic hydroxyl groups is 1. The van der Waals surface area contributed by atoms with E-state index in [0.717, 1.165) is 0 Å². The maximum absolute atomic E-state index is 13.1. The fourth-order valence-electron chi connectivity index (χ4n) is 4.08. The summed E-state index contributed by atoms with van der Waals surface area (Å²) in [4.78, 5) is 13.1. The SMILES string of the molecule is [B]c1cc(Br)c2c(c1)C1(OC(=O)c3cc(OCC)ccc31)c1cc(Br)c(O)c(Br)c1O2. The van der Waals surface area contributed by atoms with Crippen LogP contribution in [0.1, 0.15) is 34.0 Å². The summed E-state index contributed by atoms with van der Waals surface area (Å²) in [6, 6.07) is 10.4. The van der Waals surface area contributed by atoms with E-state index in [4.69, 9.17) is 22.1 Å². The first-order valence-corrected chi connectivity index (χ1v) is 11.6. The minimum atomic E-state index is -1.32. The Labute approximate surface area is 204 Å². The summed E-state index contributed by atoms with van der Waals surface area (Å²) in [5.74, 6) is 0.839. The highest BCUT2D eigenvalue weighted by atomic mass is 79.9. The van der Waals surface area contributed by atoms with Crippen molar-refractivity contribution in [1.29, 1.82) is 0 Å². The molecule has 0 amide bonds. The van der Waals surface area contributed by atoms with Crippen LogP contribution in [0.5, 0.6) is 23.0 Å². The number of phenolic OH excluding ortho intramolecular Hbond substituents is 1. The quantitative estimate of drug-likeness (QED) is 0.311. The van der Waals surface area contributed by atoms with Gasteiger partial charge in [0, 0.05) is 11.1 Å². The van der Waals surface area contributed by atoms with E-state index >= 15 is 0 Å². The van der Waals surface area contributed by atoms with Crippen molar-refractivity contribution in [3.8, 4) is 23.0 Å². The molecule has 1 spiro atoms. The summed E-state index contributed by atoms with van der Waals surface area (Å²) in [6.45, 7) is 2.35. The second-order valence-electron chi connectivity index (χ2n) is 7.09. The topological polar surface area (TPSA) is 65.0 Å². The van der Waals surface area contributed by atoms with Crippen LogP contribution in [0.2, 0.25) is 0 Å². The third kappa shape index (κ3) is 2.89. The summed E-state index contributed by atoms with van der Waals surface area (Å²) in [7, 11) is 6.15. The zero-order chi connectivity index (χ0) is 22.1. The lowest BCUT2D eigenvalue weighted by atomic mass is 9.76. The second kappa shape index (κ2) is 7.28. The van der Waals surface area contributed by atoms with Crippen LogP contribution >= 0.6 is 47.8 Å². The summed E-state index contributed by atoms with van der Waals surface area (Å²) >= 11 is 10.3. The van der Waals surface area contributed by atoms with Crippen molar-refractivity contribution in [2.24, 2.45) is 0 Å². The Morgan fingerprint density at radius 2 is 1.77 bits per heavy atom. The molecule has 5 nitrogen and oxygen atoms in total. The summed E-state index contributed by atoms with van der Waals surface area (Å²) in [5.41, 5.74) is 1.30. The van der Waals surface area contributed by atoms with E-state index < -0.39 is 11.6 Å². The summed E-state index contributed by atoms with van der Waals surface area (Å²) in [5, 5.41) is 10.5. The van der Waals surface area contributed by atoms with Crippen molar-refractivity contribution in [2.45, 2.75) is 12.5 Å². The molecular weight excluding hydrogens is 595 g/mol. The highest BCUT2D eigenvalue weighted by molar-refractivity contribution is 9.11. The van der Waals surface area contributed by atoms with Crippen molar-refractivity contribution in [3.05, 3.63) is 72.1 Å². The number of esters is 1. The largest absolute Gasteiger partial charge is 0.505 e. The Morgan fingerprint density at radius 3 is 2.52 bits per heavy atom. The molecule has 0 saturated heterocycles. The number of fused-ring (bicyclic) bond motifs is 6. The van der Waals surface area contributed by atoms with Gasteiger partial charge in [0.25, 0.3) is 0 Å². The van der Waals surface area contributed by atoms with Gasteiger partial charge in [-0.25, -0.2) is 4.79 Å². The number of hydrogen-bond donors (Lipinski definition) is 1. The number of benzene rings is 3. The first kappa shape index (κ1) is 20.9. The molecule has 3 aromatic carbocycles. The molecule has 0 saturated carbocycles. The lowest BCUT2D eigenvalue weighted by Gasteiger charge is -2.38. The van der Waals surface area contributed by atoms with Gasteiger partial charge in [-0.1, -0.05) is 17.6 Å². The monoisotopic (exact) mass is 604 g/mol. The highest BCUT2D eigenvalue weighted by Gasteiger charge is 2.55. The minimum absolute atomic E-state index is 0.0276. The number of carbonyl (C=O) groups is 1. The molecule has 2 radical (unpaired) electrons. The van der Waals surface area contributed by atoms with E-state index in [2.05, 4.69) is 47.8 Å². The molecule has 1 atom stereocenters. The van der Waals surface area contributed by atoms with Crippen molar-refractivity contribution < 1.29 is 24.1 Å². The lowest BCUT2D eigenvalue weighted by Crippen LogP contribution is -2.34. The van der Waals surface area contributed by atoms with E-state index in [1.54, 1.807) is 30.3 Å². The number of carbonyl (C=O) groups excluding carboxylic acids is 1. The van der Waals surface area contributed by atoms with Gasteiger partial charge in [0.05, 0.1) is 26.7 Å². The standard InChI is InChI=1S/C22H12BBr3O5/c1-2-29-10-3-4-12-11(7-10)21(28)31-22(12)13-5-9(23)6-16(25)19(13)30-20-14(22)8-15(24)18(27)17(20)26/h3-8,27H,2H2,1H3. The van der Waals surface area contributed by atoms with Crippen molar-refractivity contribution in [3.63, 3.8) is 0 Å². The molecule has 2 aliphatic rings. The molecule has 2 aliphatic heterocycles. The van der Waals surface area contributed by atoms with Crippen LogP contribution in [-0.2, 0) is 10.3 Å².